The maximum absolute atomic E-state index is 12.9. The minimum absolute atomic E-state index is 0.153. The highest BCUT2D eigenvalue weighted by Crippen LogP contribution is 2.27. The van der Waals surface area contributed by atoms with Gasteiger partial charge in [0.05, 0.1) is 6.54 Å². The summed E-state index contributed by atoms with van der Waals surface area (Å²) in [4.78, 5) is 14.8. The van der Waals surface area contributed by atoms with Crippen molar-refractivity contribution < 1.29 is 26.3 Å². The molecule has 0 bridgehead atoms. The molecule has 1 aliphatic rings. The molecule has 0 aromatic carbocycles. The van der Waals surface area contributed by atoms with E-state index in [1.165, 1.54) is 4.90 Å². The van der Waals surface area contributed by atoms with E-state index >= 15 is 0 Å². The molecule has 0 saturated carbocycles. The third-order valence-electron chi connectivity index (χ3n) is 4.57. The van der Waals surface area contributed by atoms with Crippen LogP contribution in [0.2, 0.25) is 0 Å². The SMILES string of the molecule is CCNC(=NCCNc1nccc(C(F)(F)F)n1)N1CCN(C(C)C(F)(F)F)CC1. The highest BCUT2D eigenvalue weighted by atomic mass is 19.4. The monoisotopic (exact) mass is 441 g/mol. The van der Waals surface area contributed by atoms with E-state index in [1.54, 1.807) is 0 Å². The fourth-order valence-electron chi connectivity index (χ4n) is 2.89. The minimum atomic E-state index is -4.55. The van der Waals surface area contributed by atoms with Crippen molar-refractivity contribution in [3.05, 3.63) is 18.0 Å². The predicted octanol–water partition coefficient (Wildman–Crippen LogP) is 2.44. The molecular formula is C17H25F6N7. The van der Waals surface area contributed by atoms with Gasteiger partial charge in [-0.25, -0.2) is 9.97 Å². The molecule has 1 aromatic heterocycles. The average molecular weight is 441 g/mol. The first-order valence-corrected chi connectivity index (χ1v) is 9.50. The van der Waals surface area contributed by atoms with Gasteiger partial charge in [-0.05, 0) is 19.9 Å². The molecule has 1 unspecified atom stereocenters. The fourth-order valence-corrected chi connectivity index (χ4v) is 2.89. The van der Waals surface area contributed by atoms with Crippen LogP contribution in [0.5, 0.6) is 0 Å². The van der Waals surface area contributed by atoms with Gasteiger partial charge in [0.2, 0.25) is 5.95 Å². The number of hydrogen-bond acceptors (Lipinski definition) is 5. The van der Waals surface area contributed by atoms with Crippen molar-refractivity contribution in [3.63, 3.8) is 0 Å². The number of nitrogens with one attached hydrogen (secondary N) is 2. The Morgan fingerprint density at radius 3 is 2.40 bits per heavy atom. The van der Waals surface area contributed by atoms with Gasteiger partial charge < -0.3 is 15.5 Å². The van der Waals surface area contributed by atoms with Crippen LogP contribution in [-0.4, -0.2) is 83.8 Å². The number of halogens is 6. The Bertz CT molecular complexity index is 699. The summed E-state index contributed by atoms with van der Waals surface area (Å²) in [6, 6.07) is -0.720. The largest absolute Gasteiger partial charge is 0.433 e. The normalized spacial score (nSPS) is 17.7. The smallest absolute Gasteiger partial charge is 0.357 e. The first-order valence-electron chi connectivity index (χ1n) is 9.50. The van der Waals surface area contributed by atoms with Gasteiger partial charge in [-0.15, -0.1) is 0 Å². The van der Waals surface area contributed by atoms with E-state index in [2.05, 4.69) is 25.6 Å². The molecule has 7 nitrogen and oxygen atoms in total. The highest BCUT2D eigenvalue weighted by Gasteiger charge is 2.41. The van der Waals surface area contributed by atoms with Gasteiger partial charge in [0.25, 0.3) is 0 Å². The van der Waals surface area contributed by atoms with E-state index in [1.807, 2.05) is 11.8 Å². The topological polar surface area (TPSA) is 68.7 Å². The zero-order chi connectivity index (χ0) is 22.4. The van der Waals surface area contributed by atoms with Crippen LogP contribution < -0.4 is 10.6 Å². The summed E-state index contributed by atoms with van der Waals surface area (Å²) < 4.78 is 76.7. The summed E-state index contributed by atoms with van der Waals surface area (Å²) in [5.74, 6) is 0.392. The Hall–Kier alpha value is -2.31. The van der Waals surface area contributed by atoms with Crippen LogP contribution in [0.3, 0.4) is 0 Å². The number of aromatic nitrogens is 2. The standard InChI is InChI=1S/C17H25F6N7/c1-3-24-15(30-10-8-29(9-11-30)12(2)16(18,19)20)27-7-6-26-14-25-5-4-13(28-14)17(21,22)23/h4-5,12H,3,6-11H2,1-2H3,(H,24,27)(H,25,26,28). The van der Waals surface area contributed by atoms with Crippen molar-refractivity contribution in [1.82, 2.24) is 25.1 Å². The maximum Gasteiger partial charge on any atom is 0.433 e. The molecule has 0 spiro atoms. The lowest BCUT2D eigenvalue weighted by molar-refractivity contribution is -0.181. The number of rotatable bonds is 6. The van der Waals surface area contributed by atoms with Crippen LogP contribution in [0.4, 0.5) is 32.3 Å². The molecule has 1 saturated heterocycles. The maximum atomic E-state index is 12.9. The van der Waals surface area contributed by atoms with Gasteiger partial charge in [0.1, 0.15) is 11.7 Å². The quantitative estimate of drug-likeness (QED) is 0.306. The number of hydrogen-bond donors (Lipinski definition) is 2. The van der Waals surface area contributed by atoms with E-state index < -0.39 is 24.1 Å². The first kappa shape index (κ1) is 24.0. The molecule has 13 heteroatoms. The van der Waals surface area contributed by atoms with Crippen LogP contribution in [-0.2, 0) is 6.18 Å². The van der Waals surface area contributed by atoms with Gasteiger partial charge >= 0.3 is 12.4 Å². The van der Waals surface area contributed by atoms with Gasteiger partial charge in [0, 0.05) is 45.5 Å². The van der Waals surface area contributed by atoms with Crippen LogP contribution in [0.1, 0.15) is 19.5 Å². The molecule has 30 heavy (non-hydrogen) atoms. The van der Waals surface area contributed by atoms with Crippen LogP contribution in [0.15, 0.2) is 17.3 Å². The van der Waals surface area contributed by atoms with Crippen molar-refractivity contribution in [3.8, 4) is 0 Å². The molecule has 0 amide bonds. The molecule has 1 atom stereocenters. The predicted molar refractivity (Wildman–Crippen MR) is 100 cm³/mol. The van der Waals surface area contributed by atoms with E-state index in [-0.39, 0.29) is 32.1 Å². The molecule has 2 heterocycles. The number of piperazine rings is 1. The van der Waals surface area contributed by atoms with Gasteiger partial charge in [-0.2, -0.15) is 26.3 Å². The second kappa shape index (κ2) is 10.1. The zero-order valence-electron chi connectivity index (χ0n) is 16.7. The first-order chi connectivity index (χ1) is 14.0. The van der Waals surface area contributed by atoms with E-state index in [9.17, 15) is 26.3 Å². The summed E-state index contributed by atoms with van der Waals surface area (Å²) in [6.07, 6.45) is -7.80. The molecule has 1 aliphatic heterocycles. The average Bonchev–Trinajstić information content (AvgIpc) is 2.69. The van der Waals surface area contributed by atoms with E-state index in [0.29, 0.717) is 25.6 Å². The van der Waals surface area contributed by atoms with Crippen molar-refractivity contribution >= 4 is 11.9 Å². The van der Waals surface area contributed by atoms with Crippen molar-refractivity contribution in [2.75, 3.05) is 51.1 Å². The number of nitrogens with zero attached hydrogens (tertiary/aromatic N) is 5. The second-order valence-corrected chi connectivity index (χ2v) is 6.67. The van der Waals surface area contributed by atoms with Gasteiger partial charge in [-0.1, -0.05) is 0 Å². The lowest BCUT2D eigenvalue weighted by Gasteiger charge is -2.39. The lowest BCUT2D eigenvalue weighted by Crippen LogP contribution is -2.56. The Balaban J connectivity index is 1.88. The number of alkyl halides is 6. The lowest BCUT2D eigenvalue weighted by atomic mass is 10.2. The summed E-state index contributed by atoms with van der Waals surface area (Å²) in [7, 11) is 0. The molecular weight excluding hydrogens is 416 g/mol. The molecule has 2 rings (SSSR count). The van der Waals surface area contributed by atoms with Crippen LogP contribution in [0.25, 0.3) is 0 Å². The minimum Gasteiger partial charge on any atom is -0.357 e. The fraction of sp³-hybridized carbons (Fsp3) is 0.706. The van der Waals surface area contributed by atoms with Crippen molar-refractivity contribution in [2.45, 2.75) is 32.2 Å². The van der Waals surface area contributed by atoms with Gasteiger partial charge in [0.15, 0.2) is 5.96 Å². The summed E-state index contributed by atoms with van der Waals surface area (Å²) >= 11 is 0. The van der Waals surface area contributed by atoms with E-state index in [0.717, 1.165) is 19.2 Å². The second-order valence-electron chi connectivity index (χ2n) is 6.67. The highest BCUT2D eigenvalue weighted by molar-refractivity contribution is 5.80. The molecule has 1 aromatic rings. The number of guanidine groups is 1. The summed E-state index contributed by atoms with van der Waals surface area (Å²) in [5, 5.41) is 5.77. The van der Waals surface area contributed by atoms with Gasteiger partial charge in [-0.3, -0.25) is 9.89 Å². The zero-order valence-corrected chi connectivity index (χ0v) is 16.7. The van der Waals surface area contributed by atoms with E-state index in [4.69, 9.17) is 0 Å². The Morgan fingerprint density at radius 1 is 1.17 bits per heavy atom. The van der Waals surface area contributed by atoms with Crippen molar-refractivity contribution in [2.24, 2.45) is 4.99 Å². The third-order valence-corrected chi connectivity index (χ3v) is 4.57. The molecule has 0 aliphatic carbocycles. The molecule has 1 fully saturated rings. The Labute approximate surface area is 170 Å². The molecule has 0 radical (unpaired) electrons. The van der Waals surface area contributed by atoms with Crippen molar-refractivity contribution in [1.29, 1.82) is 0 Å². The third kappa shape index (κ3) is 6.89. The molecule has 170 valence electrons. The number of aliphatic imine (C=N–C) groups is 1. The Morgan fingerprint density at radius 2 is 1.83 bits per heavy atom. The molecule has 2 N–H and O–H groups in total. The van der Waals surface area contributed by atoms with Crippen LogP contribution in [0, 0.1) is 0 Å². The van der Waals surface area contributed by atoms with Crippen LogP contribution >= 0.6 is 0 Å². The number of anilines is 1. The summed E-state index contributed by atoms with van der Waals surface area (Å²) in [5.41, 5.74) is -1.04. The summed E-state index contributed by atoms with van der Waals surface area (Å²) in [6.45, 7) is 5.28. The Kier molecular flexibility index (Phi) is 8.10.